The van der Waals surface area contributed by atoms with E-state index in [2.05, 4.69) is 10.6 Å². The number of nitrogens with zero attached hydrogens (tertiary/aromatic N) is 1. The molecule has 7 nitrogen and oxygen atoms in total. The number of hydrogen-bond donors (Lipinski definition) is 3. The molecule has 0 heterocycles. The highest BCUT2D eigenvalue weighted by Gasteiger charge is 2.43. The standard InChI is InChI=1S/C29H47N3O4/c1-11-20(27(35)36)18-22(17-19(2)3)31-25(33)24(28(4,5)6)32(10)26(34)23(30-9)29(7,8)21-15-13-12-14-16-21/h12-16,18-19,22-24,30H,11,17H2,1-10H3,(H,31,33)(H,35,36)/b20-18+/t22-,23+,24+/m0/s1. The first-order valence-electron chi connectivity index (χ1n) is 12.8. The second kappa shape index (κ2) is 13.0. The minimum Gasteiger partial charge on any atom is -0.478 e. The van der Waals surface area contributed by atoms with Crippen LogP contribution in [-0.4, -0.2) is 60.0 Å². The molecule has 0 unspecified atom stereocenters. The van der Waals surface area contributed by atoms with Gasteiger partial charge in [0.2, 0.25) is 11.8 Å². The van der Waals surface area contributed by atoms with Crippen LogP contribution in [0.1, 0.15) is 73.8 Å². The lowest BCUT2D eigenvalue weighted by molar-refractivity contribution is -0.145. The molecule has 7 heteroatoms. The van der Waals surface area contributed by atoms with E-state index in [1.165, 1.54) is 4.90 Å². The van der Waals surface area contributed by atoms with E-state index in [4.69, 9.17) is 0 Å². The van der Waals surface area contributed by atoms with Gasteiger partial charge in [0.1, 0.15) is 6.04 Å². The van der Waals surface area contributed by atoms with Crippen LogP contribution in [0.3, 0.4) is 0 Å². The SMILES string of the molecule is CC/C(=C\[C@H](CC(C)C)NC(=O)[C@@H](N(C)C(=O)[C@@H](NC)C(C)(C)c1ccccc1)C(C)(C)C)C(=O)O. The molecule has 0 aliphatic rings. The molecule has 0 aromatic heterocycles. The Hall–Kier alpha value is -2.67. The molecule has 3 N–H and O–H groups in total. The Labute approximate surface area is 217 Å². The summed E-state index contributed by atoms with van der Waals surface area (Å²) < 4.78 is 0. The molecule has 0 aliphatic carbocycles. The number of rotatable bonds is 12. The quantitative estimate of drug-likeness (QED) is 0.369. The maximum absolute atomic E-state index is 13.9. The molecule has 0 saturated carbocycles. The predicted molar refractivity (Wildman–Crippen MR) is 146 cm³/mol. The molecule has 1 aromatic rings. The molecule has 0 saturated heterocycles. The monoisotopic (exact) mass is 501 g/mol. The van der Waals surface area contributed by atoms with Gasteiger partial charge in [-0.1, -0.05) is 91.8 Å². The van der Waals surface area contributed by atoms with Crippen molar-refractivity contribution in [3.63, 3.8) is 0 Å². The molecule has 3 atom stereocenters. The number of carbonyl (C=O) groups excluding carboxylic acids is 2. The van der Waals surface area contributed by atoms with Crippen LogP contribution < -0.4 is 10.6 Å². The van der Waals surface area contributed by atoms with Crippen LogP contribution >= 0.6 is 0 Å². The van der Waals surface area contributed by atoms with Crippen molar-refractivity contribution in [3.05, 3.63) is 47.5 Å². The first-order chi connectivity index (χ1) is 16.6. The summed E-state index contributed by atoms with van der Waals surface area (Å²) in [5, 5.41) is 15.7. The Morgan fingerprint density at radius 3 is 2.03 bits per heavy atom. The van der Waals surface area contributed by atoms with Gasteiger partial charge >= 0.3 is 5.97 Å². The van der Waals surface area contributed by atoms with E-state index in [1.807, 2.05) is 78.8 Å². The van der Waals surface area contributed by atoms with Gasteiger partial charge in [0.25, 0.3) is 0 Å². The van der Waals surface area contributed by atoms with E-state index >= 15 is 0 Å². The van der Waals surface area contributed by atoms with Gasteiger partial charge in [0.15, 0.2) is 0 Å². The number of carbonyl (C=O) groups is 3. The normalized spacial score (nSPS) is 15.2. The minimum atomic E-state index is -0.986. The fourth-order valence-corrected chi connectivity index (χ4v) is 4.83. The molecule has 0 aliphatic heterocycles. The van der Waals surface area contributed by atoms with Gasteiger partial charge in [-0.05, 0) is 36.8 Å². The molecular formula is C29H47N3O4. The average Bonchev–Trinajstić information content (AvgIpc) is 2.76. The molecule has 0 fully saturated rings. The fourth-order valence-electron chi connectivity index (χ4n) is 4.83. The molecule has 1 aromatic carbocycles. The lowest BCUT2D eigenvalue weighted by Crippen LogP contribution is -2.61. The third kappa shape index (κ3) is 8.19. The largest absolute Gasteiger partial charge is 0.478 e. The number of amides is 2. The first-order valence-corrected chi connectivity index (χ1v) is 12.8. The summed E-state index contributed by atoms with van der Waals surface area (Å²) in [7, 11) is 3.43. The Bertz CT molecular complexity index is 916. The highest BCUT2D eigenvalue weighted by Crippen LogP contribution is 2.31. The number of carboxylic acids is 1. The highest BCUT2D eigenvalue weighted by atomic mass is 16.4. The van der Waals surface area contributed by atoms with Crippen molar-refractivity contribution in [1.29, 1.82) is 0 Å². The van der Waals surface area contributed by atoms with Crippen molar-refractivity contribution in [3.8, 4) is 0 Å². The van der Waals surface area contributed by atoms with E-state index < -0.39 is 34.9 Å². The maximum atomic E-state index is 13.9. The summed E-state index contributed by atoms with van der Waals surface area (Å²) in [5.74, 6) is -1.22. The van der Waals surface area contributed by atoms with Crippen molar-refractivity contribution in [2.75, 3.05) is 14.1 Å². The van der Waals surface area contributed by atoms with E-state index in [-0.39, 0.29) is 23.3 Å². The van der Waals surface area contributed by atoms with E-state index in [9.17, 15) is 19.5 Å². The zero-order valence-corrected chi connectivity index (χ0v) is 23.8. The molecule has 0 radical (unpaired) electrons. The van der Waals surface area contributed by atoms with Gasteiger partial charge in [-0.2, -0.15) is 0 Å². The third-order valence-corrected chi connectivity index (χ3v) is 6.69. The van der Waals surface area contributed by atoms with Gasteiger partial charge in [-0.15, -0.1) is 0 Å². The second-order valence-electron chi connectivity index (χ2n) is 11.6. The topological polar surface area (TPSA) is 98.7 Å². The van der Waals surface area contributed by atoms with Gasteiger partial charge in [0, 0.05) is 24.1 Å². The second-order valence-corrected chi connectivity index (χ2v) is 11.6. The third-order valence-electron chi connectivity index (χ3n) is 6.69. The van der Waals surface area contributed by atoms with Crippen molar-refractivity contribution >= 4 is 17.8 Å². The Morgan fingerprint density at radius 2 is 1.61 bits per heavy atom. The van der Waals surface area contributed by atoms with Crippen LogP contribution in [0.15, 0.2) is 42.0 Å². The molecule has 2 amide bonds. The number of benzene rings is 1. The molecule has 0 spiro atoms. The molecule has 36 heavy (non-hydrogen) atoms. The minimum absolute atomic E-state index is 0.183. The number of aliphatic carboxylic acids is 1. The van der Waals surface area contributed by atoms with Gasteiger partial charge < -0.3 is 20.6 Å². The Morgan fingerprint density at radius 1 is 1.06 bits per heavy atom. The number of hydrogen-bond acceptors (Lipinski definition) is 4. The Kier molecular flexibility index (Phi) is 11.4. The lowest BCUT2D eigenvalue weighted by Gasteiger charge is -2.42. The van der Waals surface area contributed by atoms with Gasteiger partial charge in [-0.25, -0.2) is 4.79 Å². The molecular weight excluding hydrogens is 454 g/mol. The summed E-state index contributed by atoms with van der Waals surface area (Å²) in [6, 6.07) is 8.08. The number of likely N-dealkylation sites (N-methyl/N-ethyl adjacent to an activating group) is 2. The van der Waals surface area contributed by atoms with Crippen LogP contribution in [0.5, 0.6) is 0 Å². The first kappa shape index (κ1) is 31.4. The average molecular weight is 502 g/mol. The smallest absolute Gasteiger partial charge is 0.331 e. The van der Waals surface area contributed by atoms with Crippen LogP contribution in [0.4, 0.5) is 0 Å². The maximum Gasteiger partial charge on any atom is 0.331 e. The molecule has 202 valence electrons. The molecule has 0 bridgehead atoms. The van der Waals surface area contributed by atoms with Gasteiger partial charge in [0.05, 0.1) is 6.04 Å². The van der Waals surface area contributed by atoms with E-state index in [0.29, 0.717) is 12.8 Å². The van der Waals surface area contributed by atoms with Crippen molar-refractivity contribution < 1.29 is 19.5 Å². The van der Waals surface area contributed by atoms with Crippen molar-refractivity contribution in [2.45, 2.75) is 91.8 Å². The fraction of sp³-hybridized carbons (Fsp3) is 0.621. The number of carboxylic acid groups (broad SMARTS) is 1. The highest BCUT2D eigenvalue weighted by molar-refractivity contribution is 5.91. The summed E-state index contributed by atoms with van der Waals surface area (Å²) in [6.45, 7) is 15.7. The van der Waals surface area contributed by atoms with Crippen LogP contribution in [-0.2, 0) is 19.8 Å². The van der Waals surface area contributed by atoms with E-state index in [1.54, 1.807) is 27.1 Å². The Balaban J connectivity index is 3.34. The lowest BCUT2D eigenvalue weighted by atomic mass is 9.76. The van der Waals surface area contributed by atoms with Crippen LogP contribution in [0.25, 0.3) is 0 Å². The van der Waals surface area contributed by atoms with Gasteiger partial charge in [-0.3, -0.25) is 9.59 Å². The van der Waals surface area contributed by atoms with Crippen LogP contribution in [0.2, 0.25) is 0 Å². The summed E-state index contributed by atoms with van der Waals surface area (Å²) in [4.78, 5) is 40.7. The zero-order valence-electron chi connectivity index (χ0n) is 23.8. The van der Waals surface area contributed by atoms with E-state index in [0.717, 1.165) is 5.56 Å². The molecule has 1 rings (SSSR count). The zero-order chi connectivity index (χ0) is 27.8. The van der Waals surface area contributed by atoms with Crippen molar-refractivity contribution in [2.24, 2.45) is 11.3 Å². The number of nitrogens with one attached hydrogen (secondary N) is 2. The summed E-state index contributed by atoms with van der Waals surface area (Å²) >= 11 is 0. The summed E-state index contributed by atoms with van der Waals surface area (Å²) in [5.41, 5.74) is 0.194. The predicted octanol–water partition coefficient (Wildman–Crippen LogP) is 4.38. The van der Waals surface area contributed by atoms with Crippen molar-refractivity contribution in [1.82, 2.24) is 15.5 Å². The van der Waals surface area contributed by atoms with Crippen LogP contribution in [0, 0.1) is 11.3 Å². The summed E-state index contributed by atoms with van der Waals surface area (Å²) in [6.07, 6.45) is 2.59.